The molecule has 3 rings (SSSR count). The van der Waals surface area contributed by atoms with Crippen molar-refractivity contribution in [3.8, 4) is 0 Å². The Bertz CT molecular complexity index is 721. The van der Waals surface area contributed by atoms with E-state index in [1.165, 1.54) is 0 Å². The predicted octanol–water partition coefficient (Wildman–Crippen LogP) is 2.10. The van der Waals surface area contributed by atoms with Crippen molar-refractivity contribution >= 4 is 11.9 Å². The fourth-order valence-corrected chi connectivity index (χ4v) is 3.24. The SMILES string of the molecule is CN1C(=O)C[C@H](CNC(=O)NCc2ccccn2)[C@@H]1c1ccccc1. The largest absolute Gasteiger partial charge is 0.338 e. The number of hydrogen-bond donors (Lipinski definition) is 2. The van der Waals surface area contributed by atoms with Crippen LogP contribution < -0.4 is 10.6 Å². The Hall–Kier alpha value is -2.89. The molecule has 6 nitrogen and oxygen atoms in total. The highest BCUT2D eigenvalue weighted by Gasteiger charge is 2.38. The van der Waals surface area contributed by atoms with E-state index in [0.717, 1.165) is 11.3 Å². The highest BCUT2D eigenvalue weighted by atomic mass is 16.2. The van der Waals surface area contributed by atoms with Crippen molar-refractivity contribution in [1.82, 2.24) is 20.5 Å². The minimum absolute atomic E-state index is 0.00945. The van der Waals surface area contributed by atoms with Crippen LogP contribution in [0.2, 0.25) is 0 Å². The molecule has 1 aromatic heterocycles. The number of amides is 3. The lowest BCUT2D eigenvalue weighted by molar-refractivity contribution is -0.127. The number of likely N-dealkylation sites (tertiary alicyclic amines) is 1. The van der Waals surface area contributed by atoms with Gasteiger partial charge in [0.1, 0.15) is 0 Å². The summed E-state index contributed by atoms with van der Waals surface area (Å²) in [6.45, 7) is 0.821. The number of carbonyl (C=O) groups is 2. The van der Waals surface area contributed by atoms with Gasteiger partial charge < -0.3 is 15.5 Å². The molecule has 1 aliphatic rings. The highest BCUT2D eigenvalue weighted by Crippen LogP contribution is 2.36. The summed E-state index contributed by atoms with van der Waals surface area (Å²) in [4.78, 5) is 30.1. The topological polar surface area (TPSA) is 74.3 Å². The molecule has 6 heteroatoms. The molecular formula is C19H22N4O2. The first kappa shape index (κ1) is 17.0. The van der Waals surface area contributed by atoms with Crippen LogP contribution in [0.5, 0.6) is 0 Å². The second-order valence-electron chi connectivity index (χ2n) is 6.21. The van der Waals surface area contributed by atoms with Gasteiger partial charge in [-0.1, -0.05) is 36.4 Å². The molecule has 1 saturated heterocycles. The summed E-state index contributed by atoms with van der Waals surface area (Å²) in [5, 5.41) is 5.67. The zero-order chi connectivity index (χ0) is 17.6. The van der Waals surface area contributed by atoms with E-state index >= 15 is 0 Å². The zero-order valence-corrected chi connectivity index (χ0v) is 14.2. The second kappa shape index (κ2) is 7.79. The number of benzene rings is 1. The summed E-state index contributed by atoms with van der Waals surface area (Å²) in [7, 11) is 1.82. The molecule has 0 bridgehead atoms. The van der Waals surface area contributed by atoms with Crippen molar-refractivity contribution in [2.75, 3.05) is 13.6 Å². The number of aromatic nitrogens is 1. The van der Waals surface area contributed by atoms with Crippen LogP contribution in [0.25, 0.3) is 0 Å². The summed E-state index contributed by atoms with van der Waals surface area (Å²) < 4.78 is 0. The predicted molar refractivity (Wildman–Crippen MR) is 94.5 cm³/mol. The zero-order valence-electron chi connectivity index (χ0n) is 14.2. The molecular weight excluding hydrogens is 316 g/mol. The third-order valence-corrected chi connectivity index (χ3v) is 4.52. The number of pyridine rings is 1. The summed E-state index contributed by atoms with van der Waals surface area (Å²) in [5.74, 6) is 0.162. The smallest absolute Gasteiger partial charge is 0.315 e. The molecule has 0 unspecified atom stereocenters. The van der Waals surface area contributed by atoms with Crippen LogP contribution in [0.4, 0.5) is 4.79 Å². The maximum absolute atomic E-state index is 12.1. The molecule has 1 fully saturated rings. The van der Waals surface area contributed by atoms with Gasteiger partial charge in [0.05, 0.1) is 18.3 Å². The van der Waals surface area contributed by atoms with E-state index in [9.17, 15) is 9.59 Å². The number of urea groups is 1. The van der Waals surface area contributed by atoms with Crippen molar-refractivity contribution in [3.63, 3.8) is 0 Å². The van der Waals surface area contributed by atoms with Gasteiger partial charge in [0.2, 0.25) is 5.91 Å². The fraction of sp³-hybridized carbons (Fsp3) is 0.316. The lowest BCUT2D eigenvalue weighted by atomic mass is 9.94. The highest BCUT2D eigenvalue weighted by molar-refractivity contribution is 5.80. The number of nitrogens with zero attached hydrogens (tertiary/aromatic N) is 2. The van der Waals surface area contributed by atoms with E-state index in [-0.39, 0.29) is 23.9 Å². The Labute approximate surface area is 147 Å². The first-order chi connectivity index (χ1) is 12.1. The Kier molecular flexibility index (Phi) is 5.28. The molecule has 0 saturated carbocycles. The van der Waals surface area contributed by atoms with E-state index < -0.39 is 0 Å². The number of carbonyl (C=O) groups excluding carboxylic acids is 2. The van der Waals surface area contributed by atoms with E-state index in [0.29, 0.717) is 19.5 Å². The van der Waals surface area contributed by atoms with E-state index in [2.05, 4.69) is 15.6 Å². The van der Waals surface area contributed by atoms with Crippen LogP contribution in [0.3, 0.4) is 0 Å². The maximum Gasteiger partial charge on any atom is 0.315 e. The van der Waals surface area contributed by atoms with Gasteiger partial charge in [-0.25, -0.2) is 4.79 Å². The first-order valence-electron chi connectivity index (χ1n) is 8.37. The van der Waals surface area contributed by atoms with Crippen LogP contribution in [0.15, 0.2) is 54.7 Å². The average molecular weight is 338 g/mol. The van der Waals surface area contributed by atoms with Crippen LogP contribution in [-0.4, -0.2) is 35.4 Å². The van der Waals surface area contributed by atoms with Gasteiger partial charge in [0, 0.05) is 32.1 Å². The average Bonchev–Trinajstić information content (AvgIpc) is 2.94. The van der Waals surface area contributed by atoms with Crippen LogP contribution in [0.1, 0.15) is 23.7 Å². The quantitative estimate of drug-likeness (QED) is 0.877. The Morgan fingerprint density at radius 3 is 2.64 bits per heavy atom. The molecule has 130 valence electrons. The molecule has 2 aromatic rings. The normalized spacial score (nSPS) is 19.7. The van der Waals surface area contributed by atoms with E-state index in [4.69, 9.17) is 0 Å². The minimum atomic E-state index is -0.250. The van der Waals surface area contributed by atoms with Gasteiger partial charge in [0.15, 0.2) is 0 Å². The summed E-state index contributed by atoms with van der Waals surface area (Å²) in [6, 6.07) is 15.2. The molecule has 0 spiro atoms. The summed E-state index contributed by atoms with van der Waals surface area (Å²) in [6.07, 6.45) is 2.13. The molecule has 2 heterocycles. The van der Waals surface area contributed by atoms with Crippen LogP contribution in [0, 0.1) is 5.92 Å². The van der Waals surface area contributed by atoms with Crippen molar-refractivity contribution in [2.24, 2.45) is 5.92 Å². The maximum atomic E-state index is 12.1. The number of hydrogen-bond acceptors (Lipinski definition) is 3. The van der Waals surface area contributed by atoms with Crippen LogP contribution in [-0.2, 0) is 11.3 Å². The Balaban J connectivity index is 1.56. The van der Waals surface area contributed by atoms with Crippen molar-refractivity contribution in [1.29, 1.82) is 0 Å². The second-order valence-corrected chi connectivity index (χ2v) is 6.21. The third kappa shape index (κ3) is 4.15. The molecule has 1 aromatic carbocycles. The Morgan fingerprint density at radius 2 is 1.92 bits per heavy atom. The molecule has 0 aliphatic carbocycles. The van der Waals surface area contributed by atoms with Gasteiger partial charge in [-0.05, 0) is 17.7 Å². The van der Waals surface area contributed by atoms with Crippen molar-refractivity contribution in [3.05, 3.63) is 66.0 Å². The number of nitrogens with one attached hydrogen (secondary N) is 2. The lowest BCUT2D eigenvalue weighted by Crippen LogP contribution is -2.39. The van der Waals surface area contributed by atoms with Gasteiger partial charge in [0.25, 0.3) is 0 Å². The van der Waals surface area contributed by atoms with Gasteiger partial charge in [-0.15, -0.1) is 0 Å². The van der Waals surface area contributed by atoms with E-state index in [1.807, 2.05) is 55.6 Å². The molecule has 2 atom stereocenters. The summed E-state index contributed by atoms with van der Waals surface area (Å²) >= 11 is 0. The molecule has 0 radical (unpaired) electrons. The van der Waals surface area contributed by atoms with E-state index in [1.54, 1.807) is 11.1 Å². The van der Waals surface area contributed by atoms with Gasteiger partial charge in [-0.2, -0.15) is 0 Å². The molecule has 3 amide bonds. The number of rotatable bonds is 5. The van der Waals surface area contributed by atoms with Crippen molar-refractivity contribution in [2.45, 2.75) is 19.0 Å². The molecule has 1 aliphatic heterocycles. The van der Waals surface area contributed by atoms with Crippen molar-refractivity contribution < 1.29 is 9.59 Å². The monoisotopic (exact) mass is 338 g/mol. The Morgan fingerprint density at radius 1 is 1.16 bits per heavy atom. The first-order valence-corrected chi connectivity index (χ1v) is 8.37. The fourth-order valence-electron chi connectivity index (χ4n) is 3.24. The standard InChI is InChI=1S/C19H22N4O2/c1-23-17(24)11-15(18(23)14-7-3-2-4-8-14)12-21-19(25)22-13-16-9-5-6-10-20-16/h2-10,15,18H,11-13H2,1H3,(H2,21,22,25)/t15-,18+/m1/s1. The minimum Gasteiger partial charge on any atom is -0.338 e. The van der Waals surface area contributed by atoms with Gasteiger partial charge in [-0.3, -0.25) is 9.78 Å². The molecule has 25 heavy (non-hydrogen) atoms. The molecule has 2 N–H and O–H groups in total. The van der Waals surface area contributed by atoms with Gasteiger partial charge >= 0.3 is 6.03 Å². The van der Waals surface area contributed by atoms with Crippen LogP contribution >= 0.6 is 0 Å². The third-order valence-electron chi connectivity index (χ3n) is 4.52. The summed E-state index contributed by atoms with van der Waals surface area (Å²) in [5.41, 5.74) is 1.90. The lowest BCUT2D eigenvalue weighted by Gasteiger charge is -2.25.